The summed E-state index contributed by atoms with van der Waals surface area (Å²) >= 11 is 7.61. The van der Waals surface area contributed by atoms with Gasteiger partial charge in [0.25, 0.3) is 0 Å². The summed E-state index contributed by atoms with van der Waals surface area (Å²) in [4.78, 5) is 0. The lowest BCUT2D eigenvalue weighted by Gasteiger charge is -2.07. The van der Waals surface area contributed by atoms with Crippen LogP contribution < -0.4 is 9.47 Å². The fraction of sp³-hybridized carbons (Fsp3) is 0.125. The molecule has 5 heteroatoms. The molecule has 0 saturated heterocycles. The van der Waals surface area contributed by atoms with Gasteiger partial charge in [0.15, 0.2) is 22.9 Å². The van der Waals surface area contributed by atoms with Crippen LogP contribution in [0, 0.1) is 5.82 Å². The van der Waals surface area contributed by atoms with Gasteiger partial charge < -0.3 is 9.47 Å². The van der Waals surface area contributed by atoms with Crippen LogP contribution in [0.5, 0.6) is 11.5 Å². The highest BCUT2D eigenvalue weighted by Gasteiger charge is 2.11. The Morgan fingerprint density at radius 1 is 1.54 bits per heavy atom. The van der Waals surface area contributed by atoms with Crippen LogP contribution in [0.25, 0.3) is 0 Å². The molecule has 2 nitrogen and oxygen atoms in total. The van der Waals surface area contributed by atoms with Gasteiger partial charge in [-0.05, 0) is 24.4 Å². The Morgan fingerprint density at radius 3 is 2.77 bits per heavy atom. The van der Waals surface area contributed by atoms with Crippen molar-refractivity contribution in [3.63, 3.8) is 0 Å². The highest BCUT2D eigenvalue weighted by Crippen LogP contribution is 2.33. The van der Waals surface area contributed by atoms with Gasteiger partial charge in [-0.15, -0.1) is 0 Å². The van der Waals surface area contributed by atoms with Crippen molar-refractivity contribution in [3.8, 4) is 11.5 Å². The number of ether oxygens (including phenoxy) is 2. The van der Waals surface area contributed by atoms with Crippen LogP contribution in [-0.2, 0) is 0 Å². The van der Waals surface area contributed by atoms with Gasteiger partial charge in [-0.25, -0.2) is 4.39 Å². The van der Waals surface area contributed by atoms with Crippen LogP contribution in [0.1, 0.15) is 0 Å². The Balaban J connectivity index is 3.20. The number of hydrogen-bond acceptors (Lipinski definition) is 3. The number of benzene rings is 1. The van der Waals surface area contributed by atoms with Crippen molar-refractivity contribution >= 4 is 33.7 Å². The van der Waals surface area contributed by atoms with E-state index in [0.29, 0.717) is 4.47 Å². The molecule has 1 rings (SSSR count). The molecular formula is C8H6BrFO2S. The molecule has 0 aliphatic carbocycles. The zero-order chi connectivity index (χ0) is 9.84. The Hall–Kier alpha value is -0.680. The van der Waals surface area contributed by atoms with E-state index >= 15 is 0 Å². The van der Waals surface area contributed by atoms with E-state index in [-0.39, 0.29) is 11.5 Å². The number of thiocarbonyl (C=S) groups is 1. The van der Waals surface area contributed by atoms with Crippen molar-refractivity contribution in [3.05, 3.63) is 22.4 Å². The molecule has 0 fully saturated rings. The topological polar surface area (TPSA) is 18.5 Å². The van der Waals surface area contributed by atoms with E-state index in [9.17, 15) is 4.39 Å². The second kappa shape index (κ2) is 4.53. The molecule has 0 N–H and O–H groups in total. The van der Waals surface area contributed by atoms with Crippen LogP contribution in [0.3, 0.4) is 0 Å². The normalized spacial score (nSPS) is 9.46. The van der Waals surface area contributed by atoms with Gasteiger partial charge in [0.1, 0.15) is 0 Å². The first kappa shape index (κ1) is 10.4. The van der Waals surface area contributed by atoms with Gasteiger partial charge in [-0.1, -0.05) is 15.9 Å². The summed E-state index contributed by atoms with van der Waals surface area (Å²) in [5.41, 5.74) is 1.05. The molecule has 0 saturated carbocycles. The second-order valence-electron chi connectivity index (χ2n) is 2.13. The van der Waals surface area contributed by atoms with E-state index < -0.39 is 5.82 Å². The summed E-state index contributed by atoms with van der Waals surface area (Å²) in [5.74, 6) is -0.197. The highest BCUT2D eigenvalue weighted by atomic mass is 79.9. The molecule has 0 unspecified atom stereocenters. The largest absolute Gasteiger partial charge is 0.490 e. The lowest BCUT2D eigenvalue weighted by Crippen LogP contribution is -1.95. The van der Waals surface area contributed by atoms with Crippen LogP contribution in [0.15, 0.2) is 16.6 Å². The monoisotopic (exact) mass is 264 g/mol. The number of rotatable bonds is 3. The van der Waals surface area contributed by atoms with Gasteiger partial charge in [0.05, 0.1) is 7.11 Å². The summed E-state index contributed by atoms with van der Waals surface area (Å²) < 4.78 is 23.4. The van der Waals surface area contributed by atoms with Crippen molar-refractivity contribution in [1.29, 1.82) is 0 Å². The first-order valence-electron chi connectivity index (χ1n) is 3.32. The average Bonchev–Trinajstić information content (AvgIpc) is 2.04. The fourth-order valence-electron chi connectivity index (χ4n) is 0.874. The minimum atomic E-state index is -0.497. The van der Waals surface area contributed by atoms with E-state index in [1.807, 2.05) is 0 Å². The summed E-state index contributed by atoms with van der Waals surface area (Å²) in [6.07, 6.45) is 0. The van der Waals surface area contributed by atoms with Gasteiger partial charge >= 0.3 is 0 Å². The molecule has 0 spiro atoms. The van der Waals surface area contributed by atoms with E-state index in [2.05, 4.69) is 28.1 Å². The molecular weight excluding hydrogens is 259 g/mol. The van der Waals surface area contributed by atoms with Gasteiger partial charge in [0.2, 0.25) is 0 Å². The number of methoxy groups -OCH3 is 1. The maximum absolute atomic E-state index is 13.2. The standard InChI is InChI=1S/C8H6BrFO2S/c1-11-8-6(10)2-5(9)3-7(8)12-4-13/h2-4H,1H3. The van der Waals surface area contributed by atoms with Gasteiger partial charge in [-0.2, -0.15) is 0 Å². The Kier molecular flexibility index (Phi) is 3.62. The van der Waals surface area contributed by atoms with Crippen LogP contribution in [-0.4, -0.2) is 12.7 Å². The summed E-state index contributed by atoms with van der Waals surface area (Å²) in [7, 11) is 1.36. The zero-order valence-corrected chi connectivity index (χ0v) is 9.12. The Bertz CT molecular complexity index is 330. The molecule has 0 amide bonds. The molecule has 70 valence electrons. The van der Waals surface area contributed by atoms with E-state index in [0.717, 1.165) is 5.55 Å². The molecule has 0 atom stereocenters. The molecule has 0 aromatic heterocycles. The predicted molar refractivity (Wildman–Crippen MR) is 54.9 cm³/mol. The second-order valence-corrected chi connectivity index (χ2v) is 3.24. The van der Waals surface area contributed by atoms with Crippen LogP contribution in [0.4, 0.5) is 4.39 Å². The van der Waals surface area contributed by atoms with Crippen LogP contribution >= 0.6 is 28.1 Å². The SMILES string of the molecule is COc1c(F)cc(Br)cc1OC=S. The third-order valence-electron chi connectivity index (χ3n) is 1.35. The molecule has 1 aromatic carbocycles. The summed E-state index contributed by atoms with van der Waals surface area (Å²) in [5, 5.41) is 0. The predicted octanol–water partition coefficient (Wildman–Crippen LogP) is 2.93. The maximum atomic E-state index is 13.2. The third-order valence-corrected chi connectivity index (χ3v) is 1.91. The molecule has 0 heterocycles. The summed E-state index contributed by atoms with van der Waals surface area (Å²) in [6, 6.07) is 2.86. The molecule has 0 aliphatic rings. The lowest BCUT2D eigenvalue weighted by atomic mass is 10.3. The first-order valence-corrected chi connectivity index (χ1v) is 4.58. The van der Waals surface area contributed by atoms with E-state index in [4.69, 9.17) is 9.47 Å². The Labute approximate surface area is 88.8 Å². The molecule has 0 radical (unpaired) electrons. The van der Waals surface area contributed by atoms with Crippen molar-refractivity contribution < 1.29 is 13.9 Å². The van der Waals surface area contributed by atoms with Crippen molar-refractivity contribution in [1.82, 2.24) is 0 Å². The number of hydrogen-bond donors (Lipinski definition) is 0. The maximum Gasteiger partial charge on any atom is 0.197 e. The lowest BCUT2D eigenvalue weighted by molar-refractivity contribution is 0.368. The van der Waals surface area contributed by atoms with Crippen molar-refractivity contribution in [2.24, 2.45) is 0 Å². The third kappa shape index (κ3) is 2.38. The van der Waals surface area contributed by atoms with Crippen LogP contribution in [0.2, 0.25) is 0 Å². The number of halogens is 2. The molecule has 13 heavy (non-hydrogen) atoms. The smallest absolute Gasteiger partial charge is 0.197 e. The minimum Gasteiger partial charge on any atom is -0.490 e. The Morgan fingerprint density at radius 2 is 2.23 bits per heavy atom. The summed E-state index contributed by atoms with van der Waals surface area (Å²) in [6.45, 7) is 0. The molecule has 0 aliphatic heterocycles. The highest BCUT2D eigenvalue weighted by molar-refractivity contribution is 9.10. The average molecular weight is 265 g/mol. The molecule has 0 bridgehead atoms. The van der Waals surface area contributed by atoms with E-state index in [1.165, 1.54) is 13.2 Å². The quantitative estimate of drug-likeness (QED) is 0.783. The van der Waals surface area contributed by atoms with E-state index in [1.54, 1.807) is 6.07 Å². The minimum absolute atomic E-state index is 0.0456. The zero-order valence-electron chi connectivity index (χ0n) is 6.71. The fourth-order valence-corrected chi connectivity index (χ4v) is 1.39. The molecule has 1 aromatic rings. The van der Waals surface area contributed by atoms with Gasteiger partial charge in [-0.3, -0.25) is 0 Å². The first-order chi connectivity index (χ1) is 6.19. The van der Waals surface area contributed by atoms with Crippen molar-refractivity contribution in [2.45, 2.75) is 0 Å². The van der Waals surface area contributed by atoms with Gasteiger partial charge in [0, 0.05) is 4.47 Å². The van der Waals surface area contributed by atoms with Crippen molar-refractivity contribution in [2.75, 3.05) is 7.11 Å².